The molecule has 0 spiro atoms. The van der Waals surface area contributed by atoms with Crippen LogP contribution < -0.4 is 26.8 Å². The Bertz CT molecular complexity index is 1140. The molecular weight excluding hydrogens is 440 g/mol. The number of nitrogens with one attached hydrogen (secondary N) is 2. The summed E-state index contributed by atoms with van der Waals surface area (Å²) in [5.74, 6) is -0.655. The maximum absolute atomic E-state index is 13.6. The molecule has 0 aliphatic rings. The predicted octanol–water partition coefficient (Wildman–Crippen LogP) is 3.22. The van der Waals surface area contributed by atoms with Crippen molar-refractivity contribution in [1.82, 2.24) is 10.6 Å². The molecule has 0 fully saturated rings. The van der Waals surface area contributed by atoms with Gasteiger partial charge in [-0.1, -0.05) is 30.3 Å². The number of hydrogen-bond acceptors (Lipinski definition) is 5. The van der Waals surface area contributed by atoms with Gasteiger partial charge in [-0.3, -0.25) is 10.1 Å². The molecule has 2 atom stereocenters. The summed E-state index contributed by atoms with van der Waals surface area (Å²) < 4.78 is 32.0. The molecule has 0 bridgehead atoms. The summed E-state index contributed by atoms with van der Waals surface area (Å²) in [5.41, 5.74) is 14.1. The van der Waals surface area contributed by atoms with Crippen LogP contribution in [0.3, 0.4) is 0 Å². The zero-order valence-corrected chi connectivity index (χ0v) is 18.7. The molecule has 7 nitrogen and oxygen atoms in total. The van der Waals surface area contributed by atoms with Gasteiger partial charge in [0, 0.05) is 11.6 Å². The smallest absolute Gasteiger partial charge is 0.258 e. The second-order valence-electron chi connectivity index (χ2n) is 7.63. The van der Waals surface area contributed by atoms with E-state index in [2.05, 4.69) is 15.6 Å². The van der Waals surface area contributed by atoms with Gasteiger partial charge in [0.25, 0.3) is 5.91 Å². The van der Waals surface area contributed by atoms with E-state index >= 15 is 0 Å². The van der Waals surface area contributed by atoms with Crippen LogP contribution in [-0.2, 0) is 6.54 Å². The van der Waals surface area contributed by atoms with Crippen molar-refractivity contribution in [1.29, 1.82) is 0 Å². The number of aliphatic imine (C=N–C) groups is 1. The van der Waals surface area contributed by atoms with Crippen LogP contribution in [0.2, 0.25) is 0 Å². The molecule has 0 saturated heterocycles. The van der Waals surface area contributed by atoms with E-state index in [0.29, 0.717) is 5.75 Å². The van der Waals surface area contributed by atoms with E-state index in [1.54, 1.807) is 19.2 Å². The Hall–Kier alpha value is -3.82. The zero-order chi connectivity index (χ0) is 24.5. The van der Waals surface area contributed by atoms with Gasteiger partial charge >= 0.3 is 0 Å². The lowest BCUT2D eigenvalue weighted by molar-refractivity contribution is 0.0975. The van der Waals surface area contributed by atoms with Crippen molar-refractivity contribution in [2.45, 2.75) is 25.2 Å². The number of amides is 1. The minimum atomic E-state index is -0.683. The molecule has 178 valence electrons. The second kappa shape index (κ2) is 11.9. The molecule has 9 heteroatoms. The Morgan fingerprint density at radius 1 is 1.00 bits per heavy atom. The van der Waals surface area contributed by atoms with Crippen molar-refractivity contribution in [3.8, 4) is 5.75 Å². The van der Waals surface area contributed by atoms with Gasteiger partial charge in [0.1, 0.15) is 17.4 Å². The van der Waals surface area contributed by atoms with Gasteiger partial charge in [-0.05, 0) is 60.0 Å². The van der Waals surface area contributed by atoms with Gasteiger partial charge in [0.2, 0.25) is 0 Å². The molecule has 3 rings (SSSR count). The van der Waals surface area contributed by atoms with E-state index in [-0.39, 0.29) is 30.3 Å². The molecule has 0 radical (unpaired) electrons. The van der Waals surface area contributed by atoms with Crippen molar-refractivity contribution in [3.63, 3.8) is 0 Å². The first-order valence-electron chi connectivity index (χ1n) is 10.6. The number of rotatable bonds is 8. The van der Waals surface area contributed by atoms with Crippen LogP contribution >= 0.6 is 0 Å². The largest absolute Gasteiger partial charge is 0.497 e. The van der Waals surface area contributed by atoms with Crippen LogP contribution in [0.25, 0.3) is 0 Å². The van der Waals surface area contributed by atoms with E-state index in [1.165, 1.54) is 30.3 Å². The molecule has 0 aromatic heterocycles. The van der Waals surface area contributed by atoms with Gasteiger partial charge in [-0.2, -0.15) is 0 Å². The third-order valence-corrected chi connectivity index (χ3v) is 5.00. The SMILES string of the molecule is COc1cccc(CN=C(NC(=O)c2cccc(F)c2)NC(N)CC(N)c2ccc(F)cc2)c1. The van der Waals surface area contributed by atoms with E-state index in [1.807, 2.05) is 24.3 Å². The lowest BCUT2D eigenvalue weighted by atomic mass is 10.0. The second-order valence-corrected chi connectivity index (χ2v) is 7.63. The highest BCUT2D eigenvalue weighted by atomic mass is 19.1. The number of guanidine groups is 1. The first-order valence-corrected chi connectivity index (χ1v) is 10.6. The van der Waals surface area contributed by atoms with E-state index in [9.17, 15) is 13.6 Å². The highest BCUT2D eigenvalue weighted by molar-refractivity contribution is 6.05. The average Bonchev–Trinajstić information content (AvgIpc) is 2.83. The van der Waals surface area contributed by atoms with Crippen LogP contribution in [0.15, 0.2) is 77.8 Å². The van der Waals surface area contributed by atoms with Crippen LogP contribution in [-0.4, -0.2) is 25.1 Å². The van der Waals surface area contributed by atoms with E-state index in [4.69, 9.17) is 16.2 Å². The van der Waals surface area contributed by atoms with Crippen molar-refractivity contribution in [2.75, 3.05) is 7.11 Å². The number of nitrogens with zero attached hydrogens (tertiary/aromatic N) is 1. The zero-order valence-electron chi connectivity index (χ0n) is 18.7. The lowest BCUT2D eigenvalue weighted by Gasteiger charge is -2.21. The van der Waals surface area contributed by atoms with Gasteiger partial charge in [0.05, 0.1) is 19.8 Å². The molecule has 0 aliphatic heterocycles. The van der Waals surface area contributed by atoms with Crippen LogP contribution in [0.4, 0.5) is 8.78 Å². The normalized spacial score (nSPS) is 13.1. The van der Waals surface area contributed by atoms with Gasteiger partial charge in [-0.15, -0.1) is 0 Å². The van der Waals surface area contributed by atoms with Crippen LogP contribution in [0.5, 0.6) is 5.75 Å². The van der Waals surface area contributed by atoms with Crippen molar-refractivity contribution in [2.24, 2.45) is 16.5 Å². The maximum Gasteiger partial charge on any atom is 0.258 e. The summed E-state index contributed by atoms with van der Waals surface area (Å²) >= 11 is 0. The number of nitrogens with two attached hydrogens (primary N) is 2. The Balaban J connectivity index is 1.74. The molecule has 3 aromatic rings. The molecule has 0 saturated carbocycles. The Morgan fingerprint density at radius 3 is 2.44 bits per heavy atom. The first kappa shape index (κ1) is 24.8. The van der Waals surface area contributed by atoms with Gasteiger partial charge in [-0.25, -0.2) is 13.8 Å². The summed E-state index contributed by atoms with van der Waals surface area (Å²) in [6, 6.07) is 18.0. The molecule has 1 amide bonds. The number of methoxy groups -OCH3 is 1. The van der Waals surface area contributed by atoms with Crippen molar-refractivity contribution < 1.29 is 18.3 Å². The van der Waals surface area contributed by atoms with Crippen molar-refractivity contribution >= 4 is 11.9 Å². The summed E-state index contributed by atoms with van der Waals surface area (Å²) in [6.07, 6.45) is -0.406. The summed E-state index contributed by atoms with van der Waals surface area (Å²) in [4.78, 5) is 17.1. The predicted molar refractivity (Wildman–Crippen MR) is 127 cm³/mol. The number of benzene rings is 3. The summed E-state index contributed by atoms with van der Waals surface area (Å²) in [5, 5.41) is 5.60. The van der Waals surface area contributed by atoms with Crippen LogP contribution in [0, 0.1) is 11.6 Å². The Labute approximate surface area is 196 Å². The number of halogens is 2. The number of carbonyl (C=O) groups excluding carboxylic acids is 1. The minimum Gasteiger partial charge on any atom is -0.497 e. The molecule has 2 unspecified atom stereocenters. The number of carbonyl (C=O) groups is 1. The molecule has 34 heavy (non-hydrogen) atoms. The third-order valence-electron chi connectivity index (χ3n) is 5.00. The number of ether oxygens (including phenoxy) is 1. The highest BCUT2D eigenvalue weighted by Crippen LogP contribution is 2.16. The third kappa shape index (κ3) is 7.36. The molecule has 0 aliphatic carbocycles. The van der Waals surface area contributed by atoms with Gasteiger partial charge in [0.15, 0.2) is 5.96 Å². The van der Waals surface area contributed by atoms with Crippen molar-refractivity contribution in [3.05, 3.63) is 101 Å². The fourth-order valence-electron chi connectivity index (χ4n) is 3.23. The highest BCUT2D eigenvalue weighted by Gasteiger charge is 2.16. The topological polar surface area (TPSA) is 115 Å². The molecule has 0 heterocycles. The first-order chi connectivity index (χ1) is 16.3. The monoisotopic (exact) mass is 467 g/mol. The lowest BCUT2D eigenvalue weighted by Crippen LogP contribution is -2.50. The summed E-state index contributed by atoms with van der Waals surface area (Å²) in [7, 11) is 1.57. The summed E-state index contributed by atoms with van der Waals surface area (Å²) in [6.45, 7) is 0.222. The Morgan fingerprint density at radius 2 is 1.74 bits per heavy atom. The molecular formula is C25H27F2N5O2. The Kier molecular flexibility index (Phi) is 8.66. The number of hydrogen-bond donors (Lipinski definition) is 4. The fraction of sp³-hybridized carbons (Fsp3) is 0.200. The maximum atomic E-state index is 13.6. The van der Waals surface area contributed by atoms with E-state index in [0.717, 1.165) is 17.2 Å². The standard InChI is InChI=1S/C25H27F2N5O2/c1-34-21-7-2-4-16(12-21)15-30-25(32-24(33)18-5-3-6-20(27)13-18)31-23(29)14-22(28)17-8-10-19(26)11-9-17/h2-13,22-23H,14-15,28-29H2,1H3,(H2,30,31,32,33). The van der Waals surface area contributed by atoms with Gasteiger partial charge < -0.3 is 21.5 Å². The average molecular weight is 468 g/mol. The minimum absolute atomic E-state index is 0.107. The molecule has 6 N–H and O–H groups in total. The van der Waals surface area contributed by atoms with E-state index < -0.39 is 23.9 Å². The quantitative estimate of drug-likeness (QED) is 0.231. The van der Waals surface area contributed by atoms with Crippen LogP contribution in [0.1, 0.15) is 33.9 Å². The molecule has 3 aromatic carbocycles. The fourth-order valence-corrected chi connectivity index (χ4v) is 3.23.